The number of rotatable bonds is 2. The highest BCUT2D eigenvalue weighted by atomic mass is 35.5. The van der Waals surface area contributed by atoms with Gasteiger partial charge < -0.3 is 4.84 Å². The van der Waals surface area contributed by atoms with Gasteiger partial charge in [-0.2, -0.15) is 5.10 Å². The Kier molecular flexibility index (Phi) is 3.17. The molecule has 0 bridgehead atoms. The van der Waals surface area contributed by atoms with Gasteiger partial charge in [-0.05, 0) is 32.9 Å². The average molecular weight is 268 g/mol. The Morgan fingerprint density at radius 2 is 2.17 bits per heavy atom. The predicted octanol–water partition coefficient (Wildman–Crippen LogP) is 2.90. The second-order valence-electron chi connectivity index (χ2n) is 4.98. The zero-order valence-corrected chi connectivity index (χ0v) is 11.2. The fraction of sp³-hybridized carbons (Fsp3) is 0.333. The third-order valence-electron chi connectivity index (χ3n) is 2.33. The highest BCUT2D eigenvalue weighted by molar-refractivity contribution is 6.30. The molecule has 0 aliphatic rings. The topological polar surface area (TPSA) is 55.6 Å². The van der Waals surface area contributed by atoms with Crippen LogP contribution in [-0.2, 0) is 9.63 Å². The van der Waals surface area contributed by atoms with Crippen LogP contribution in [0.25, 0.3) is 5.52 Å². The van der Waals surface area contributed by atoms with Gasteiger partial charge in [-0.3, -0.25) is 0 Å². The number of carbonyl (C=O) groups excluding carboxylic acids is 1. The number of aromatic nitrogens is 2. The zero-order chi connectivity index (χ0) is 13.3. The van der Waals surface area contributed by atoms with Gasteiger partial charge in [0, 0.05) is 6.07 Å². The van der Waals surface area contributed by atoms with Gasteiger partial charge in [0.15, 0.2) is 0 Å². The van der Waals surface area contributed by atoms with Gasteiger partial charge in [0.05, 0.1) is 22.8 Å². The summed E-state index contributed by atoms with van der Waals surface area (Å²) in [6.45, 7) is 5.35. The van der Waals surface area contributed by atoms with Crippen LogP contribution in [0.1, 0.15) is 20.8 Å². The lowest BCUT2D eigenvalue weighted by Gasteiger charge is -2.16. The lowest BCUT2D eigenvalue weighted by Crippen LogP contribution is -2.25. The molecule has 2 aromatic heterocycles. The summed E-state index contributed by atoms with van der Waals surface area (Å²) >= 11 is 6.03. The molecule has 0 radical (unpaired) electrons. The molecule has 2 heterocycles. The molecule has 0 saturated heterocycles. The fourth-order valence-electron chi connectivity index (χ4n) is 1.31. The van der Waals surface area contributed by atoms with Crippen LogP contribution in [0.5, 0.6) is 0 Å². The molecule has 18 heavy (non-hydrogen) atoms. The van der Waals surface area contributed by atoms with E-state index in [4.69, 9.17) is 16.4 Å². The van der Waals surface area contributed by atoms with Crippen molar-refractivity contribution in [2.24, 2.45) is 5.41 Å². The minimum atomic E-state index is -0.558. The van der Waals surface area contributed by atoms with Crippen molar-refractivity contribution in [1.82, 2.24) is 9.61 Å². The summed E-state index contributed by atoms with van der Waals surface area (Å²) in [4.78, 5) is 16.6. The lowest BCUT2D eigenvalue weighted by molar-refractivity contribution is -0.149. The molecule has 1 N–H and O–H groups in total. The number of hydrogen-bond acceptors (Lipinski definition) is 4. The van der Waals surface area contributed by atoms with E-state index in [9.17, 15) is 4.79 Å². The summed E-state index contributed by atoms with van der Waals surface area (Å²) < 4.78 is 1.58. The first-order valence-corrected chi connectivity index (χ1v) is 5.86. The highest BCUT2D eigenvalue weighted by Gasteiger charge is 2.23. The van der Waals surface area contributed by atoms with Crippen molar-refractivity contribution >= 4 is 28.8 Å². The SMILES string of the molecule is CC(C)(C)C(=O)ONc1cc(Cl)n2nccc2c1. The number of halogens is 1. The van der Waals surface area contributed by atoms with Crippen molar-refractivity contribution in [3.05, 3.63) is 29.5 Å². The Morgan fingerprint density at radius 3 is 2.83 bits per heavy atom. The van der Waals surface area contributed by atoms with Crippen LogP contribution in [0, 0.1) is 5.41 Å². The molecule has 2 aromatic rings. The molecule has 0 unspecified atom stereocenters. The maximum atomic E-state index is 11.6. The van der Waals surface area contributed by atoms with E-state index >= 15 is 0 Å². The molecule has 0 fully saturated rings. The number of nitrogens with zero attached hydrogens (tertiary/aromatic N) is 2. The van der Waals surface area contributed by atoms with Crippen LogP contribution in [0.4, 0.5) is 5.69 Å². The first-order chi connectivity index (χ1) is 8.38. The van der Waals surface area contributed by atoms with E-state index in [0.717, 1.165) is 5.52 Å². The Balaban J connectivity index is 2.15. The van der Waals surface area contributed by atoms with Crippen LogP contribution >= 0.6 is 11.6 Å². The molecule has 96 valence electrons. The van der Waals surface area contributed by atoms with E-state index in [1.807, 2.05) is 6.07 Å². The van der Waals surface area contributed by atoms with Gasteiger partial charge in [0.1, 0.15) is 5.15 Å². The number of nitrogens with one attached hydrogen (secondary N) is 1. The van der Waals surface area contributed by atoms with Crippen LogP contribution in [0.3, 0.4) is 0 Å². The summed E-state index contributed by atoms with van der Waals surface area (Å²) in [5, 5.41) is 4.48. The molecule has 0 saturated carbocycles. The largest absolute Gasteiger partial charge is 0.343 e. The molecule has 6 heteroatoms. The third-order valence-corrected chi connectivity index (χ3v) is 2.60. The van der Waals surface area contributed by atoms with Gasteiger partial charge in [0.2, 0.25) is 0 Å². The van der Waals surface area contributed by atoms with Gasteiger partial charge >= 0.3 is 5.97 Å². The molecule has 2 rings (SSSR count). The molecule has 0 aromatic carbocycles. The summed E-state index contributed by atoms with van der Waals surface area (Å²) in [5.74, 6) is -0.341. The average Bonchev–Trinajstić information content (AvgIpc) is 2.73. The Hall–Kier alpha value is -1.75. The number of pyridine rings is 1. The number of hydrogen-bond donors (Lipinski definition) is 1. The summed E-state index contributed by atoms with van der Waals surface area (Å²) in [7, 11) is 0. The summed E-state index contributed by atoms with van der Waals surface area (Å²) in [6.07, 6.45) is 1.64. The minimum absolute atomic E-state index is 0.341. The van der Waals surface area contributed by atoms with E-state index < -0.39 is 5.41 Å². The molecule has 0 spiro atoms. The van der Waals surface area contributed by atoms with Gasteiger partial charge in [-0.25, -0.2) is 14.8 Å². The molecule has 0 aliphatic carbocycles. The van der Waals surface area contributed by atoms with E-state index in [1.165, 1.54) is 0 Å². The fourth-order valence-corrected chi connectivity index (χ4v) is 1.57. The van der Waals surface area contributed by atoms with Crippen molar-refractivity contribution in [2.45, 2.75) is 20.8 Å². The summed E-state index contributed by atoms with van der Waals surface area (Å²) in [6, 6.07) is 5.23. The summed E-state index contributed by atoms with van der Waals surface area (Å²) in [5.41, 5.74) is 3.46. The molecule has 0 amide bonds. The van der Waals surface area contributed by atoms with E-state index in [0.29, 0.717) is 10.8 Å². The molecule has 5 nitrogen and oxygen atoms in total. The lowest BCUT2D eigenvalue weighted by atomic mass is 9.98. The smallest absolute Gasteiger partial charge is 0.337 e. The number of fused-ring (bicyclic) bond motifs is 1. The quantitative estimate of drug-likeness (QED) is 0.671. The standard InChI is InChI=1S/C12H14ClN3O2/c1-12(2,3)11(17)18-15-8-6-9-4-5-14-16(9)10(13)7-8/h4-7,15H,1-3H3. The van der Waals surface area contributed by atoms with Crippen LogP contribution < -0.4 is 5.48 Å². The van der Waals surface area contributed by atoms with Crippen LogP contribution in [0.2, 0.25) is 5.15 Å². The van der Waals surface area contributed by atoms with E-state index in [1.54, 1.807) is 43.6 Å². The third kappa shape index (κ3) is 2.56. The number of carbonyl (C=O) groups is 1. The van der Waals surface area contributed by atoms with Gasteiger partial charge in [0.25, 0.3) is 0 Å². The van der Waals surface area contributed by atoms with Crippen LogP contribution in [-0.4, -0.2) is 15.6 Å². The Bertz CT molecular complexity index is 587. The molecular weight excluding hydrogens is 254 g/mol. The second kappa shape index (κ2) is 4.49. The van der Waals surface area contributed by atoms with E-state index in [2.05, 4.69) is 10.6 Å². The predicted molar refractivity (Wildman–Crippen MR) is 69.4 cm³/mol. The van der Waals surface area contributed by atoms with Gasteiger partial charge in [-0.1, -0.05) is 11.6 Å². The van der Waals surface area contributed by atoms with Crippen molar-refractivity contribution < 1.29 is 9.63 Å². The number of anilines is 1. The monoisotopic (exact) mass is 267 g/mol. The molecular formula is C12H14ClN3O2. The van der Waals surface area contributed by atoms with Crippen molar-refractivity contribution in [3.63, 3.8) is 0 Å². The van der Waals surface area contributed by atoms with Crippen LogP contribution in [0.15, 0.2) is 24.4 Å². The minimum Gasteiger partial charge on any atom is -0.343 e. The molecule has 0 aliphatic heterocycles. The highest BCUT2D eigenvalue weighted by Crippen LogP contribution is 2.21. The van der Waals surface area contributed by atoms with Crippen molar-refractivity contribution in [2.75, 3.05) is 5.48 Å². The normalized spacial score (nSPS) is 11.6. The molecule has 0 atom stereocenters. The van der Waals surface area contributed by atoms with Crippen molar-refractivity contribution in [1.29, 1.82) is 0 Å². The maximum absolute atomic E-state index is 11.6. The first kappa shape index (κ1) is 12.7. The van der Waals surface area contributed by atoms with Crippen molar-refractivity contribution in [3.8, 4) is 0 Å². The van der Waals surface area contributed by atoms with E-state index in [-0.39, 0.29) is 5.97 Å². The van der Waals surface area contributed by atoms with Gasteiger partial charge in [-0.15, -0.1) is 0 Å². The second-order valence-corrected chi connectivity index (χ2v) is 5.36. The zero-order valence-electron chi connectivity index (χ0n) is 10.4. The Labute approximate surface area is 110 Å². The Morgan fingerprint density at radius 1 is 1.44 bits per heavy atom. The first-order valence-electron chi connectivity index (χ1n) is 5.48. The maximum Gasteiger partial charge on any atom is 0.337 e.